The van der Waals surface area contributed by atoms with E-state index in [1.165, 1.54) is 5.56 Å². The predicted molar refractivity (Wildman–Crippen MR) is 69.4 cm³/mol. The molecule has 1 aromatic heterocycles. The lowest BCUT2D eigenvalue weighted by atomic mass is 10.1. The molecule has 0 amide bonds. The lowest BCUT2D eigenvalue weighted by Gasteiger charge is -2.18. The highest BCUT2D eigenvalue weighted by Gasteiger charge is 2.12. The molecule has 2 rings (SSSR count). The summed E-state index contributed by atoms with van der Waals surface area (Å²) in [7, 11) is 1.68. The third kappa shape index (κ3) is 3.07. The Morgan fingerprint density at radius 1 is 1.44 bits per heavy atom. The van der Waals surface area contributed by atoms with Gasteiger partial charge in [0.1, 0.15) is 18.4 Å². The van der Waals surface area contributed by atoms with E-state index < -0.39 is 0 Å². The molecule has 5 heteroatoms. The highest BCUT2D eigenvalue weighted by Crippen LogP contribution is 2.20. The second-order valence-corrected chi connectivity index (χ2v) is 4.00. The van der Waals surface area contributed by atoms with E-state index in [9.17, 15) is 0 Å². The highest BCUT2D eigenvalue weighted by atomic mass is 16.5. The summed E-state index contributed by atoms with van der Waals surface area (Å²) in [5.41, 5.74) is 1.19. The van der Waals surface area contributed by atoms with Gasteiger partial charge in [-0.05, 0) is 24.2 Å². The van der Waals surface area contributed by atoms with E-state index in [4.69, 9.17) is 4.74 Å². The molecule has 18 heavy (non-hydrogen) atoms. The summed E-state index contributed by atoms with van der Waals surface area (Å²) in [6.45, 7) is 3.74. The molecule has 1 N–H and O–H groups in total. The number of hydrogen-bond donors (Lipinski definition) is 1. The third-order valence-corrected chi connectivity index (χ3v) is 2.78. The Kier molecular flexibility index (Phi) is 4.30. The molecule has 1 unspecified atom stereocenters. The first-order valence-electron chi connectivity index (χ1n) is 6.03. The molecule has 5 nitrogen and oxygen atoms in total. The zero-order chi connectivity index (χ0) is 12.8. The summed E-state index contributed by atoms with van der Waals surface area (Å²) in [5, 5.41) is 7.59. The standard InChI is InChI=1S/C13H18N4O/c1-3-15-13(8-17-10-14-9-16-17)11-5-4-6-12(7-11)18-2/h4-7,9-10,13,15H,3,8H2,1-2H3. The van der Waals surface area contributed by atoms with Crippen molar-refractivity contribution in [3.05, 3.63) is 42.5 Å². The first-order valence-corrected chi connectivity index (χ1v) is 6.03. The number of methoxy groups -OCH3 is 1. The molecule has 1 heterocycles. The summed E-state index contributed by atoms with van der Waals surface area (Å²) in [4.78, 5) is 3.96. The van der Waals surface area contributed by atoms with Crippen molar-refractivity contribution >= 4 is 0 Å². The first-order chi connectivity index (χ1) is 8.83. The van der Waals surface area contributed by atoms with Crippen LogP contribution in [0.1, 0.15) is 18.5 Å². The van der Waals surface area contributed by atoms with Gasteiger partial charge in [0.15, 0.2) is 0 Å². The zero-order valence-corrected chi connectivity index (χ0v) is 10.7. The fourth-order valence-electron chi connectivity index (χ4n) is 1.91. The SMILES string of the molecule is CCNC(Cn1cncn1)c1cccc(OC)c1. The van der Waals surface area contributed by atoms with E-state index in [-0.39, 0.29) is 6.04 Å². The van der Waals surface area contributed by atoms with Gasteiger partial charge >= 0.3 is 0 Å². The predicted octanol–water partition coefficient (Wildman–Crippen LogP) is 1.64. The molecule has 0 aliphatic heterocycles. The maximum absolute atomic E-state index is 5.26. The number of ether oxygens (including phenoxy) is 1. The van der Waals surface area contributed by atoms with Crippen molar-refractivity contribution in [2.75, 3.05) is 13.7 Å². The Morgan fingerprint density at radius 3 is 3.00 bits per heavy atom. The minimum absolute atomic E-state index is 0.201. The van der Waals surface area contributed by atoms with Gasteiger partial charge in [0, 0.05) is 0 Å². The van der Waals surface area contributed by atoms with Crippen LogP contribution >= 0.6 is 0 Å². The summed E-state index contributed by atoms with van der Waals surface area (Å²) >= 11 is 0. The monoisotopic (exact) mass is 246 g/mol. The van der Waals surface area contributed by atoms with E-state index in [1.807, 2.05) is 22.9 Å². The van der Waals surface area contributed by atoms with E-state index in [1.54, 1.807) is 19.8 Å². The molecular weight excluding hydrogens is 228 g/mol. The minimum Gasteiger partial charge on any atom is -0.497 e. The number of hydrogen-bond acceptors (Lipinski definition) is 4. The van der Waals surface area contributed by atoms with Crippen LogP contribution in [0.15, 0.2) is 36.9 Å². The van der Waals surface area contributed by atoms with Crippen LogP contribution in [0, 0.1) is 0 Å². The molecule has 0 spiro atoms. The Morgan fingerprint density at radius 2 is 2.33 bits per heavy atom. The smallest absolute Gasteiger partial charge is 0.137 e. The second kappa shape index (κ2) is 6.16. The van der Waals surface area contributed by atoms with Gasteiger partial charge in [-0.1, -0.05) is 19.1 Å². The summed E-state index contributed by atoms with van der Waals surface area (Å²) in [5.74, 6) is 0.869. The van der Waals surface area contributed by atoms with E-state index >= 15 is 0 Å². The van der Waals surface area contributed by atoms with Gasteiger partial charge < -0.3 is 10.1 Å². The fraction of sp³-hybridized carbons (Fsp3) is 0.385. The number of aromatic nitrogens is 3. The van der Waals surface area contributed by atoms with Crippen LogP contribution in [0.25, 0.3) is 0 Å². The number of nitrogens with one attached hydrogen (secondary N) is 1. The second-order valence-electron chi connectivity index (χ2n) is 4.00. The summed E-state index contributed by atoms with van der Waals surface area (Å²) in [6, 6.07) is 8.28. The van der Waals surface area contributed by atoms with Gasteiger partial charge in [-0.3, -0.25) is 4.68 Å². The summed E-state index contributed by atoms with van der Waals surface area (Å²) < 4.78 is 7.08. The van der Waals surface area contributed by atoms with Crippen molar-refractivity contribution in [1.82, 2.24) is 20.1 Å². The summed E-state index contributed by atoms with van der Waals surface area (Å²) in [6.07, 6.45) is 3.28. The van der Waals surface area contributed by atoms with E-state index in [0.29, 0.717) is 0 Å². The Balaban J connectivity index is 2.17. The van der Waals surface area contributed by atoms with Crippen molar-refractivity contribution in [3.8, 4) is 5.75 Å². The third-order valence-electron chi connectivity index (χ3n) is 2.78. The van der Waals surface area contributed by atoms with Crippen LogP contribution in [0.2, 0.25) is 0 Å². The van der Waals surface area contributed by atoms with Crippen molar-refractivity contribution in [2.24, 2.45) is 0 Å². The van der Waals surface area contributed by atoms with Crippen molar-refractivity contribution < 1.29 is 4.74 Å². The molecule has 0 aliphatic rings. The van der Waals surface area contributed by atoms with Crippen LogP contribution in [-0.2, 0) is 6.54 Å². The molecule has 1 aromatic carbocycles. The van der Waals surface area contributed by atoms with E-state index in [2.05, 4.69) is 28.4 Å². The quantitative estimate of drug-likeness (QED) is 0.842. The first kappa shape index (κ1) is 12.6. The Bertz CT molecular complexity index is 470. The minimum atomic E-state index is 0.201. The maximum Gasteiger partial charge on any atom is 0.137 e. The normalized spacial score (nSPS) is 12.3. The van der Waals surface area contributed by atoms with Crippen molar-refractivity contribution in [1.29, 1.82) is 0 Å². The zero-order valence-electron chi connectivity index (χ0n) is 10.7. The van der Waals surface area contributed by atoms with Crippen LogP contribution in [0.5, 0.6) is 5.75 Å². The van der Waals surface area contributed by atoms with Crippen LogP contribution < -0.4 is 10.1 Å². The lowest BCUT2D eigenvalue weighted by Crippen LogP contribution is -2.25. The molecule has 2 aromatic rings. The molecule has 96 valence electrons. The van der Waals surface area contributed by atoms with Gasteiger partial charge in [-0.2, -0.15) is 5.10 Å². The highest BCUT2D eigenvalue weighted by molar-refractivity contribution is 5.30. The van der Waals surface area contributed by atoms with Gasteiger partial charge in [-0.15, -0.1) is 0 Å². The number of nitrogens with zero attached hydrogens (tertiary/aromatic N) is 3. The number of likely N-dealkylation sites (N-methyl/N-ethyl adjacent to an activating group) is 1. The average Bonchev–Trinajstić information content (AvgIpc) is 2.91. The van der Waals surface area contributed by atoms with Crippen LogP contribution in [0.4, 0.5) is 0 Å². The van der Waals surface area contributed by atoms with Gasteiger partial charge in [0.05, 0.1) is 19.7 Å². The molecule has 1 atom stereocenters. The fourth-order valence-corrected chi connectivity index (χ4v) is 1.91. The topological polar surface area (TPSA) is 52.0 Å². The van der Waals surface area contributed by atoms with Gasteiger partial charge in [0.2, 0.25) is 0 Å². The number of rotatable bonds is 6. The molecule has 0 saturated carbocycles. The number of benzene rings is 1. The molecule has 0 saturated heterocycles. The Labute approximate surface area is 107 Å². The average molecular weight is 246 g/mol. The lowest BCUT2D eigenvalue weighted by molar-refractivity contribution is 0.409. The molecular formula is C13H18N4O. The van der Waals surface area contributed by atoms with Crippen LogP contribution in [0.3, 0.4) is 0 Å². The largest absolute Gasteiger partial charge is 0.497 e. The molecule has 0 bridgehead atoms. The Hall–Kier alpha value is -1.88. The van der Waals surface area contributed by atoms with Crippen molar-refractivity contribution in [3.63, 3.8) is 0 Å². The maximum atomic E-state index is 5.26. The molecule has 0 fully saturated rings. The van der Waals surface area contributed by atoms with Gasteiger partial charge in [-0.25, -0.2) is 4.98 Å². The van der Waals surface area contributed by atoms with Gasteiger partial charge in [0.25, 0.3) is 0 Å². The molecule has 0 aliphatic carbocycles. The van der Waals surface area contributed by atoms with E-state index in [0.717, 1.165) is 18.8 Å². The molecule has 0 radical (unpaired) electrons. The van der Waals surface area contributed by atoms with Crippen LogP contribution in [-0.4, -0.2) is 28.4 Å². The van der Waals surface area contributed by atoms with Crippen molar-refractivity contribution in [2.45, 2.75) is 19.5 Å².